The molecule has 2 amide bonds. The lowest BCUT2D eigenvalue weighted by molar-refractivity contribution is 0.0359. The summed E-state index contributed by atoms with van der Waals surface area (Å²) >= 11 is 18.2. The molecule has 2 aromatic rings. The summed E-state index contributed by atoms with van der Waals surface area (Å²) in [6.45, 7) is 5.38. The van der Waals surface area contributed by atoms with Gasteiger partial charge in [-0.05, 0) is 45.0 Å². The van der Waals surface area contributed by atoms with Gasteiger partial charge >= 0.3 is 0 Å². The molecular weight excluding hydrogens is 383 g/mol. The first-order valence-corrected chi connectivity index (χ1v) is 8.60. The van der Waals surface area contributed by atoms with Crippen LogP contribution in [-0.4, -0.2) is 22.4 Å². The number of hydrogen-bond acceptors (Lipinski definition) is 2. The topological polar surface area (TPSA) is 49.4 Å². The Balaban J connectivity index is 2.36. The fourth-order valence-electron chi connectivity index (χ4n) is 2.12. The molecule has 0 aliphatic rings. The fourth-order valence-corrected chi connectivity index (χ4v) is 2.72. The van der Waals surface area contributed by atoms with Gasteiger partial charge in [-0.15, -0.1) is 0 Å². The Morgan fingerprint density at radius 1 is 0.880 bits per heavy atom. The van der Waals surface area contributed by atoms with Crippen LogP contribution in [0.5, 0.6) is 0 Å². The van der Waals surface area contributed by atoms with Crippen molar-refractivity contribution in [3.05, 3.63) is 68.7 Å². The summed E-state index contributed by atoms with van der Waals surface area (Å²) < 4.78 is 0. The maximum Gasteiger partial charge on any atom is 0.274 e. The van der Waals surface area contributed by atoms with E-state index in [4.69, 9.17) is 34.8 Å². The predicted octanol–water partition coefficient (Wildman–Crippen LogP) is 5.23. The molecular formula is C18H17Cl3N2O2. The van der Waals surface area contributed by atoms with Crippen molar-refractivity contribution in [2.75, 3.05) is 0 Å². The van der Waals surface area contributed by atoms with Gasteiger partial charge in [0.15, 0.2) is 0 Å². The lowest BCUT2D eigenvalue weighted by Crippen LogP contribution is -2.56. The van der Waals surface area contributed by atoms with Crippen LogP contribution < -0.4 is 5.43 Å². The number of nitrogens with zero attached hydrogens (tertiary/aromatic N) is 1. The Kier molecular flexibility index (Phi) is 5.99. The Hall–Kier alpha value is -1.75. The van der Waals surface area contributed by atoms with Gasteiger partial charge in [0.1, 0.15) is 0 Å². The third-order valence-corrected chi connectivity index (χ3v) is 4.54. The molecule has 2 aromatic carbocycles. The zero-order valence-corrected chi connectivity index (χ0v) is 16.2. The molecule has 0 aromatic heterocycles. The number of carbonyl (C=O) groups excluding carboxylic acids is 2. The van der Waals surface area contributed by atoms with Gasteiger partial charge in [-0.2, -0.15) is 0 Å². The van der Waals surface area contributed by atoms with E-state index in [2.05, 4.69) is 5.43 Å². The van der Waals surface area contributed by atoms with E-state index < -0.39 is 17.4 Å². The van der Waals surface area contributed by atoms with Crippen molar-refractivity contribution in [2.24, 2.45) is 0 Å². The molecule has 2 rings (SSSR count). The maximum atomic E-state index is 12.9. The summed E-state index contributed by atoms with van der Waals surface area (Å²) in [6.07, 6.45) is 0. The number of rotatable bonds is 2. The van der Waals surface area contributed by atoms with Gasteiger partial charge in [0, 0.05) is 0 Å². The van der Waals surface area contributed by atoms with Gasteiger partial charge in [-0.25, -0.2) is 5.01 Å². The minimum atomic E-state index is -0.697. The van der Waals surface area contributed by atoms with E-state index in [1.807, 2.05) is 0 Å². The average molecular weight is 400 g/mol. The number of carbonyl (C=O) groups is 2. The van der Waals surface area contributed by atoms with Crippen molar-refractivity contribution >= 4 is 46.6 Å². The molecule has 0 heterocycles. The van der Waals surface area contributed by atoms with Crippen LogP contribution >= 0.6 is 34.8 Å². The largest absolute Gasteiger partial charge is 0.274 e. The van der Waals surface area contributed by atoms with Crippen molar-refractivity contribution in [3.63, 3.8) is 0 Å². The van der Waals surface area contributed by atoms with Crippen LogP contribution in [0.4, 0.5) is 0 Å². The van der Waals surface area contributed by atoms with Crippen LogP contribution in [0.25, 0.3) is 0 Å². The van der Waals surface area contributed by atoms with Crippen LogP contribution in [0.1, 0.15) is 41.5 Å². The summed E-state index contributed by atoms with van der Waals surface area (Å²) in [5, 5.41) is 1.92. The number of benzene rings is 2. The highest BCUT2D eigenvalue weighted by Crippen LogP contribution is 2.26. The van der Waals surface area contributed by atoms with Crippen LogP contribution in [0.15, 0.2) is 42.5 Å². The monoisotopic (exact) mass is 398 g/mol. The minimum Gasteiger partial charge on any atom is -0.267 e. The van der Waals surface area contributed by atoms with Gasteiger partial charge in [-0.3, -0.25) is 15.0 Å². The Bertz CT molecular complexity index is 816. The van der Waals surface area contributed by atoms with E-state index in [0.717, 1.165) is 0 Å². The van der Waals surface area contributed by atoms with Crippen LogP contribution in [0.2, 0.25) is 15.1 Å². The van der Waals surface area contributed by atoms with Gasteiger partial charge in [-0.1, -0.05) is 53.0 Å². The van der Waals surface area contributed by atoms with Crippen LogP contribution in [0, 0.1) is 0 Å². The zero-order valence-electron chi connectivity index (χ0n) is 13.9. The highest BCUT2D eigenvalue weighted by Gasteiger charge is 2.31. The molecule has 132 valence electrons. The first kappa shape index (κ1) is 19.6. The second-order valence-electron chi connectivity index (χ2n) is 6.33. The number of hydrogen-bond donors (Lipinski definition) is 1. The second-order valence-corrected chi connectivity index (χ2v) is 7.53. The fraction of sp³-hybridized carbons (Fsp3) is 0.222. The predicted molar refractivity (Wildman–Crippen MR) is 101 cm³/mol. The van der Waals surface area contributed by atoms with E-state index in [9.17, 15) is 9.59 Å². The molecule has 0 fully saturated rings. The van der Waals surface area contributed by atoms with Gasteiger partial charge in [0.05, 0.1) is 31.7 Å². The van der Waals surface area contributed by atoms with Crippen molar-refractivity contribution in [1.29, 1.82) is 0 Å². The van der Waals surface area contributed by atoms with Gasteiger partial charge in [0.2, 0.25) is 0 Å². The highest BCUT2D eigenvalue weighted by molar-refractivity contribution is 6.43. The van der Waals surface area contributed by atoms with Crippen molar-refractivity contribution in [1.82, 2.24) is 10.4 Å². The van der Waals surface area contributed by atoms with Crippen LogP contribution in [-0.2, 0) is 0 Å². The molecule has 0 saturated heterocycles. The van der Waals surface area contributed by atoms with E-state index >= 15 is 0 Å². The average Bonchev–Trinajstić information content (AvgIpc) is 2.53. The van der Waals surface area contributed by atoms with E-state index in [-0.39, 0.29) is 21.2 Å². The molecule has 0 aliphatic heterocycles. The Morgan fingerprint density at radius 2 is 1.44 bits per heavy atom. The third kappa shape index (κ3) is 4.46. The number of halogens is 3. The molecule has 0 aliphatic carbocycles. The van der Waals surface area contributed by atoms with Crippen molar-refractivity contribution < 1.29 is 9.59 Å². The van der Waals surface area contributed by atoms with Crippen molar-refractivity contribution in [3.8, 4) is 0 Å². The van der Waals surface area contributed by atoms with Crippen molar-refractivity contribution in [2.45, 2.75) is 26.3 Å². The summed E-state index contributed by atoms with van der Waals surface area (Å²) in [5.41, 5.74) is 2.38. The normalized spacial score (nSPS) is 11.1. The lowest BCUT2D eigenvalue weighted by atomic mass is 10.1. The number of amides is 2. The van der Waals surface area contributed by atoms with E-state index in [0.29, 0.717) is 5.02 Å². The molecule has 0 radical (unpaired) electrons. The second kappa shape index (κ2) is 7.65. The minimum absolute atomic E-state index is 0.126. The molecule has 7 heteroatoms. The molecule has 0 unspecified atom stereocenters. The zero-order chi connectivity index (χ0) is 18.8. The number of hydrazine groups is 1. The summed E-state index contributed by atoms with van der Waals surface area (Å²) in [6, 6.07) is 11.4. The van der Waals surface area contributed by atoms with Gasteiger partial charge < -0.3 is 0 Å². The maximum absolute atomic E-state index is 12.9. The molecule has 0 spiro atoms. The SMILES string of the molecule is CC(C)(C)N(NC(=O)c1cccc(Cl)c1Cl)C(=O)c1ccccc1Cl. The first-order valence-electron chi connectivity index (χ1n) is 7.47. The smallest absolute Gasteiger partial charge is 0.267 e. The number of nitrogens with one attached hydrogen (secondary N) is 1. The third-order valence-electron chi connectivity index (χ3n) is 3.39. The first-order chi connectivity index (χ1) is 11.6. The molecule has 0 atom stereocenters. The van der Waals surface area contributed by atoms with E-state index in [1.165, 1.54) is 11.1 Å². The Morgan fingerprint density at radius 3 is 2.04 bits per heavy atom. The summed E-state index contributed by atoms with van der Waals surface area (Å²) in [7, 11) is 0. The molecule has 0 bridgehead atoms. The van der Waals surface area contributed by atoms with Crippen LogP contribution in [0.3, 0.4) is 0 Å². The van der Waals surface area contributed by atoms with E-state index in [1.54, 1.807) is 57.2 Å². The molecule has 4 nitrogen and oxygen atoms in total. The standard InChI is InChI=1S/C18H17Cl3N2O2/c1-18(2,3)23(17(25)11-7-4-5-9-13(11)19)22-16(24)12-8-6-10-14(20)15(12)21/h4-10H,1-3H3,(H,22,24). The quantitative estimate of drug-likeness (QED) is 0.703. The highest BCUT2D eigenvalue weighted by atomic mass is 35.5. The molecule has 1 N–H and O–H groups in total. The summed E-state index contributed by atoms with van der Waals surface area (Å²) in [4.78, 5) is 25.5. The van der Waals surface area contributed by atoms with Gasteiger partial charge in [0.25, 0.3) is 11.8 Å². The lowest BCUT2D eigenvalue weighted by Gasteiger charge is -2.35. The summed E-state index contributed by atoms with van der Waals surface area (Å²) in [5.74, 6) is -0.965. The molecule has 25 heavy (non-hydrogen) atoms. The molecule has 0 saturated carbocycles. The Labute approximate surface area is 161 Å².